The summed E-state index contributed by atoms with van der Waals surface area (Å²) in [5.74, 6) is 0. The van der Waals surface area contributed by atoms with E-state index in [0.29, 0.717) is 5.25 Å². The molecule has 0 fully saturated rings. The van der Waals surface area contributed by atoms with E-state index < -0.39 is 0 Å². The number of aryl methyl sites for hydroxylation is 1. The largest absolute Gasteiger partial charge is 0.326 e. The number of rotatable bonds is 1. The van der Waals surface area contributed by atoms with Crippen LogP contribution >= 0.6 is 11.8 Å². The van der Waals surface area contributed by atoms with Gasteiger partial charge in [-0.2, -0.15) is 0 Å². The molecule has 114 valence electrons. The summed E-state index contributed by atoms with van der Waals surface area (Å²) in [7, 11) is 0. The van der Waals surface area contributed by atoms with Crippen molar-refractivity contribution in [3.05, 3.63) is 53.6 Å². The number of urea groups is 1. The molecule has 0 bridgehead atoms. The summed E-state index contributed by atoms with van der Waals surface area (Å²) in [6, 6.07) is 14.0. The predicted molar refractivity (Wildman–Crippen MR) is 94.0 cm³/mol. The van der Waals surface area contributed by atoms with Crippen LogP contribution in [0.4, 0.5) is 16.2 Å². The smallest absolute Gasteiger partial charge is 0.307 e. The summed E-state index contributed by atoms with van der Waals surface area (Å²) in [5.41, 5.74) is 4.17. The van der Waals surface area contributed by atoms with Gasteiger partial charge >= 0.3 is 6.03 Å². The summed E-state index contributed by atoms with van der Waals surface area (Å²) < 4.78 is 0. The van der Waals surface area contributed by atoms with Gasteiger partial charge in [-0.1, -0.05) is 31.2 Å². The van der Waals surface area contributed by atoms with Gasteiger partial charge in [-0.3, -0.25) is 4.90 Å². The van der Waals surface area contributed by atoms with Crippen LogP contribution in [0.15, 0.2) is 47.4 Å². The highest BCUT2D eigenvalue weighted by atomic mass is 32.2. The van der Waals surface area contributed by atoms with Crippen molar-refractivity contribution in [2.45, 2.75) is 30.9 Å². The number of thioether (sulfide) groups is 1. The van der Waals surface area contributed by atoms with E-state index >= 15 is 0 Å². The average Bonchev–Trinajstić information content (AvgIpc) is 2.51. The van der Waals surface area contributed by atoms with E-state index in [0.717, 1.165) is 28.4 Å². The molecule has 0 spiro atoms. The normalized spacial score (nSPS) is 17.0. The minimum atomic E-state index is -0.0618. The van der Waals surface area contributed by atoms with Crippen molar-refractivity contribution >= 4 is 29.2 Å². The summed E-state index contributed by atoms with van der Waals surface area (Å²) in [5, 5.41) is 3.45. The van der Waals surface area contributed by atoms with Crippen molar-refractivity contribution in [3.8, 4) is 0 Å². The first-order valence-corrected chi connectivity index (χ1v) is 8.34. The van der Waals surface area contributed by atoms with Crippen LogP contribution in [0.3, 0.4) is 0 Å². The molecular weight excluding hydrogens is 292 g/mol. The lowest BCUT2D eigenvalue weighted by molar-refractivity contribution is 0.256. The highest BCUT2D eigenvalue weighted by Crippen LogP contribution is 2.38. The van der Waals surface area contributed by atoms with Crippen LogP contribution < -0.4 is 10.2 Å². The molecule has 0 saturated carbocycles. The van der Waals surface area contributed by atoms with Crippen LogP contribution in [0.25, 0.3) is 0 Å². The number of fused-ring (bicyclic) bond motifs is 1. The van der Waals surface area contributed by atoms with Crippen molar-refractivity contribution in [1.82, 2.24) is 0 Å². The molecule has 0 aliphatic carbocycles. The van der Waals surface area contributed by atoms with Crippen LogP contribution in [-0.4, -0.2) is 17.8 Å². The zero-order valence-corrected chi connectivity index (χ0v) is 13.9. The van der Waals surface area contributed by atoms with Crippen LogP contribution in [-0.2, 0) is 0 Å². The van der Waals surface area contributed by atoms with E-state index in [1.54, 1.807) is 0 Å². The van der Waals surface area contributed by atoms with E-state index in [-0.39, 0.29) is 6.03 Å². The molecule has 2 aromatic rings. The lowest BCUT2D eigenvalue weighted by Gasteiger charge is -2.32. The Morgan fingerprint density at radius 2 is 1.95 bits per heavy atom. The van der Waals surface area contributed by atoms with Gasteiger partial charge in [0.25, 0.3) is 0 Å². The maximum absolute atomic E-state index is 12.7. The number of nitrogens with zero attached hydrogens (tertiary/aromatic N) is 1. The number of nitrogens with one attached hydrogen (secondary N) is 1. The van der Waals surface area contributed by atoms with Crippen molar-refractivity contribution in [1.29, 1.82) is 0 Å². The van der Waals surface area contributed by atoms with E-state index in [1.807, 2.05) is 53.9 Å². The number of carbonyl (C=O) groups excluding carboxylic acids is 1. The minimum Gasteiger partial charge on any atom is -0.307 e. The zero-order valence-electron chi connectivity index (χ0n) is 13.1. The third-order valence-corrected chi connectivity index (χ3v) is 5.17. The third kappa shape index (κ3) is 2.83. The second kappa shape index (κ2) is 6.05. The lowest BCUT2D eigenvalue weighted by Crippen LogP contribution is -2.41. The molecule has 1 N–H and O–H groups in total. The molecule has 3 rings (SSSR count). The fourth-order valence-corrected chi connectivity index (χ4v) is 3.76. The lowest BCUT2D eigenvalue weighted by atomic mass is 10.1. The molecule has 0 unspecified atom stereocenters. The Labute approximate surface area is 135 Å². The SMILES string of the molecule is Cc1cccc(NC(=O)N2C[C@@H](C)Sc3ccccc32)c1C. The van der Waals surface area contributed by atoms with Gasteiger partial charge in [0.05, 0.1) is 5.69 Å². The highest BCUT2D eigenvalue weighted by Gasteiger charge is 2.26. The molecule has 1 atom stereocenters. The zero-order chi connectivity index (χ0) is 15.7. The molecule has 2 aromatic carbocycles. The molecular formula is C18H20N2OS. The van der Waals surface area contributed by atoms with Crippen LogP contribution in [0, 0.1) is 13.8 Å². The van der Waals surface area contributed by atoms with Crippen LogP contribution in [0.1, 0.15) is 18.1 Å². The van der Waals surface area contributed by atoms with Crippen LogP contribution in [0.2, 0.25) is 0 Å². The molecule has 22 heavy (non-hydrogen) atoms. The second-order valence-electron chi connectivity index (χ2n) is 5.68. The number of anilines is 2. The second-order valence-corrected chi connectivity index (χ2v) is 7.16. The monoisotopic (exact) mass is 312 g/mol. The van der Waals surface area contributed by atoms with E-state index in [1.165, 1.54) is 5.56 Å². The number of hydrogen-bond acceptors (Lipinski definition) is 2. The molecule has 1 aliphatic rings. The maximum atomic E-state index is 12.7. The first kappa shape index (κ1) is 15.0. The quantitative estimate of drug-likeness (QED) is 0.817. The van der Waals surface area contributed by atoms with Gasteiger partial charge in [0, 0.05) is 22.4 Å². The number of carbonyl (C=O) groups is 1. The Bertz CT molecular complexity index is 714. The minimum absolute atomic E-state index is 0.0618. The topological polar surface area (TPSA) is 32.3 Å². The Balaban J connectivity index is 1.88. The number of amides is 2. The standard InChI is InChI=1S/C18H20N2OS/c1-12-7-6-8-15(14(12)3)19-18(21)20-11-13(2)22-17-10-5-4-9-16(17)20/h4-10,13H,11H2,1-3H3,(H,19,21)/t13-/m1/s1. The first-order valence-electron chi connectivity index (χ1n) is 7.46. The van der Waals surface area contributed by atoms with Gasteiger partial charge in [0.2, 0.25) is 0 Å². The van der Waals surface area contributed by atoms with Gasteiger partial charge in [-0.15, -0.1) is 11.8 Å². The maximum Gasteiger partial charge on any atom is 0.326 e. The number of para-hydroxylation sites is 1. The van der Waals surface area contributed by atoms with Gasteiger partial charge in [-0.05, 0) is 43.2 Å². The fraction of sp³-hybridized carbons (Fsp3) is 0.278. The van der Waals surface area contributed by atoms with Gasteiger partial charge in [-0.25, -0.2) is 4.79 Å². The van der Waals surface area contributed by atoms with Gasteiger partial charge < -0.3 is 5.32 Å². The van der Waals surface area contributed by atoms with Crippen molar-refractivity contribution in [3.63, 3.8) is 0 Å². The fourth-order valence-electron chi connectivity index (χ4n) is 2.65. The Kier molecular flexibility index (Phi) is 4.12. The summed E-state index contributed by atoms with van der Waals surface area (Å²) in [6.45, 7) is 6.96. The molecule has 2 amide bonds. The molecule has 0 saturated heterocycles. The highest BCUT2D eigenvalue weighted by molar-refractivity contribution is 8.00. The first-order chi connectivity index (χ1) is 10.6. The van der Waals surface area contributed by atoms with Gasteiger partial charge in [0.1, 0.15) is 0 Å². The summed E-state index contributed by atoms with van der Waals surface area (Å²) in [4.78, 5) is 15.8. The third-order valence-electron chi connectivity index (χ3n) is 4.02. The average molecular weight is 312 g/mol. The van der Waals surface area contributed by atoms with Crippen molar-refractivity contribution < 1.29 is 4.79 Å². The molecule has 3 nitrogen and oxygen atoms in total. The molecule has 0 radical (unpaired) electrons. The van der Waals surface area contributed by atoms with Gasteiger partial charge in [0.15, 0.2) is 0 Å². The van der Waals surface area contributed by atoms with Crippen molar-refractivity contribution in [2.24, 2.45) is 0 Å². The summed E-state index contributed by atoms with van der Waals surface area (Å²) >= 11 is 1.82. The van der Waals surface area contributed by atoms with E-state index in [2.05, 4.69) is 31.3 Å². The predicted octanol–water partition coefficient (Wildman–Crippen LogP) is 4.84. The van der Waals surface area contributed by atoms with E-state index in [9.17, 15) is 4.79 Å². The Morgan fingerprint density at radius 3 is 2.77 bits per heavy atom. The molecule has 1 aliphatic heterocycles. The number of benzene rings is 2. The Morgan fingerprint density at radius 1 is 1.18 bits per heavy atom. The summed E-state index contributed by atoms with van der Waals surface area (Å²) in [6.07, 6.45) is 0. The van der Waals surface area contributed by atoms with E-state index in [4.69, 9.17) is 0 Å². The van der Waals surface area contributed by atoms with Crippen molar-refractivity contribution in [2.75, 3.05) is 16.8 Å². The molecule has 1 heterocycles. The number of hydrogen-bond donors (Lipinski definition) is 1. The Hall–Kier alpha value is -1.94. The molecule has 4 heteroatoms. The van der Waals surface area contributed by atoms with Crippen LogP contribution in [0.5, 0.6) is 0 Å². The molecule has 0 aromatic heterocycles.